The molecule has 0 saturated heterocycles. The largest absolute Gasteiger partial charge is 0.497 e. The van der Waals surface area contributed by atoms with Crippen molar-refractivity contribution in [3.05, 3.63) is 167 Å². The molecule has 0 spiro atoms. The number of benzene rings is 5. The zero-order valence-electron chi connectivity index (χ0n) is 27.2. The molecule has 1 unspecified atom stereocenters. The third-order valence-corrected chi connectivity index (χ3v) is 9.52. The number of methoxy groups -OCH3 is 1. The first-order valence-corrected chi connectivity index (χ1v) is 17.5. The number of halogens is 1. The van der Waals surface area contributed by atoms with Crippen LogP contribution in [0.1, 0.15) is 26.7 Å². The Morgan fingerprint density at radius 2 is 1.53 bits per heavy atom. The van der Waals surface area contributed by atoms with E-state index >= 15 is 0 Å². The molecule has 6 rings (SSSR count). The first-order chi connectivity index (χ1) is 24.8. The van der Waals surface area contributed by atoms with Crippen LogP contribution in [0.2, 0.25) is 0 Å². The minimum absolute atomic E-state index is 0.0347. The number of hydrogen-bond donors (Lipinski definition) is 3. The van der Waals surface area contributed by atoms with Gasteiger partial charge in [0.1, 0.15) is 22.5 Å². The molecule has 3 N–H and O–H groups in total. The van der Waals surface area contributed by atoms with Crippen LogP contribution in [-0.4, -0.2) is 29.8 Å². The van der Waals surface area contributed by atoms with E-state index in [2.05, 4.69) is 20.9 Å². The molecule has 0 aliphatic rings. The minimum Gasteiger partial charge on any atom is -0.497 e. The zero-order valence-corrected chi connectivity index (χ0v) is 28.8. The number of nitrogens with one attached hydrogen (secondary N) is 3. The summed E-state index contributed by atoms with van der Waals surface area (Å²) in [7, 11) is 1.61. The number of thioether (sulfide) groups is 1. The highest BCUT2D eigenvalue weighted by molar-refractivity contribution is 8.00. The lowest BCUT2D eigenvalue weighted by Crippen LogP contribution is -2.30. The third-order valence-electron chi connectivity index (χ3n) is 7.52. The summed E-state index contributed by atoms with van der Waals surface area (Å²) in [5.74, 6) is -1.00. The molecule has 51 heavy (non-hydrogen) atoms. The Labute approximate surface area is 302 Å². The van der Waals surface area contributed by atoms with Crippen LogP contribution < -0.4 is 20.7 Å². The summed E-state index contributed by atoms with van der Waals surface area (Å²) in [6.07, 6.45) is 1.47. The van der Waals surface area contributed by atoms with E-state index in [4.69, 9.17) is 4.74 Å². The van der Waals surface area contributed by atoms with Gasteiger partial charge >= 0.3 is 0 Å². The second-order valence-electron chi connectivity index (χ2n) is 11.1. The predicted molar refractivity (Wildman–Crippen MR) is 201 cm³/mol. The molecule has 6 aromatic rings. The molecule has 1 atom stereocenters. The molecular weight excluding hydrogens is 684 g/mol. The SMILES string of the molecule is COc1ccc(-c2csc(NC(=O)C(Sc3cccc(NC(=O)/C(=C/c4ccc(F)cc4)NC(=O)c4ccccc4)c3)c3ccccc3)n2)cc1. The number of rotatable bonds is 12. The molecule has 0 aliphatic heterocycles. The quantitative estimate of drug-likeness (QED) is 0.0864. The highest BCUT2D eigenvalue weighted by Crippen LogP contribution is 2.38. The molecule has 8 nitrogen and oxygen atoms in total. The van der Waals surface area contributed by atoms with E-state index in [1.54, 1.807) is 55.6 Å². The van der Waals surface area contributed by atoms with Crippen LogP contribution in [-0.2, 0) is 9.59 Å². The van der Waals surface area contributed by atoms with Gasteiger partial charge in [0.2, 0.25) is 5.91 Å². The van der Waals surface area contributed by atoms with Crippen LogP contribution in [0.15, 0.2) is 149 Å². The van der Waals surface area contributed by atoms with E-state index in [9.17, 15) is 18.8 Å². The molecule has 0 aliphatic carbocycles. The van der Waals surface area contributed by atoms with Crippen molar-refractivity contribution in [3.63, 3.8) is 0 Å². The van der Waals surface area contributed by atoms with Crippen molar-refractivity contribution in [2.75, 3.05) is 17.7 Å². The smallest absolute Gasteiger partial charge is 0.272 e. The van der Waals surface area contributed by atoms with Gasteiger partial charge in [0, 0.05) is 27.1 Å². The number of carbonyl (C=O) groups is 3. The number of nitrogens with zero attached hydrogens (tertiary/aromatic N) is 1. The maximum Gasteiger partial charge on any atom is 0.272 e. The topological polar surface area (TPSA) is 109 Å². The number of thiazole rings is 1. The highest BCUT2D eigenvalue weighted by Gasteiger charge is 2.24. The van der Waals surface area contributed by atoms with Gasteiger partial charge in [-0.25, -0.2) is 9.37 Å². The van der Waals surface area contributed by atoms with Crippen LogP contribution in [0.25, 0.3) is 17.3 Å². The number of anilines is 2. The normalized spacial score (nSPS) is 11.7. The Kier molecular flexibility index (Phi) is 11.3. The molecule has 0 fully saturated rings. The van der Waals surface area contributed by atoms with E-state index in [-0.39, 0.29) is 11.6 Å². The van der Waals surface area contributed by atoms with Crippen LogP contribution >= 0.6 is 23.1 Å². The van der Waals surface area contributed by atoms with Crippen molar-refractivity contribution >= 4 is 57.7 Å². The van der Waals surface area contributed by atoms with Gasteiger partial charge in [0.05, 0.1) is 12.8 Å². The average Bonchev–Trinajstić information content (AvgIpc) is 3.63. The van der Waals surface area contributed by atoms with Crippen LogP contribution in [0.5, 0.6) is 5.75 Å². The van der Waals surface area contributed by atoms with Gasteiger partial charge in [0.15, 0.2) is 5.13 Å². The van der Waals surface area contributed by atoms with E-state index in [0.29, 0.717) is 26.8 Å². The molecule has 0 bridgehead atoms. The van der Waals surface area contributed by atoms with Crippen molar-refractivity contribution in [1.29, 1.82) is 0 Å². The molecule has 254 valence electrons. The molecule has 0 radical (unpaired) electrons. The monoisotopic (exact) mass is 714 g/mol. The molecule has 1 heterocycles. The van der Waals surface area contributed by atoms with Crippen molar-refractivity contribution in [3.8, 4) is 17.0 Å². The number of hydrogen-bond acceptors (Lipinski definition) is 7. The standard InChI is InChI=1S/C40H31FN4O4S2/c1-49-32-21-17-27(18-22-32)35-25-50-40(44-35)45-39(48)36(28-9-4-2-5-10-28)51-33-14-8-13-31(24-33)42-38(47)34(23-26-15-19-30(41)20-16-26)43-37(46)29-11-6-3-7-12-29/h2-25,36H,1H3,(H,42,47)(H,43,46)(H,44,45,48)/b34-23-. The lowest BCUT2D eigenvalue weighted by Gasteiger charge is -2.17. The fourth-order valence-electron chi connectivity index (χ4n) is 4.95. The van der Waals surface area contributed by atoms with Crippen molar-refractivity contribution in [1.82, 2.24) is 10.3 Å². The highest BCUT2D eigenvalue weighted by atomic mass is 32.2. The van der Waals surface area contributed by atoms with E-state index < -0.39 is 22.9 Å². The number of ether oxygens (including phenoxy) is 1. The predicted octanol–water partition coefficient (Wildman–Crippen LogP) is 8.84. The second kappa shape index (κ2) is 16.6. The Morgan fingerprint density at radius 1 is 0.824 bits per heavy atom. The van der Waals surface area contributed by atoms with E-state index in [1.807, 2.05) is 66.0 Å². The Bertz CT molecular complexity index is 2160. The molecule has 1 aromatic heterocycles. The number of amides is 3. The summed E-state index contributed by atoms with van der Waals surface area (Å²) in [5, 5.41) is 10.2. The molecular formula is C40H31FN4O4S2. The fourth-order valence-corrected chi connectivity index (χ4v) is 6.75. The van der Waals surface area contributed by atoms with E-state index in [0.717, 1.165) is 22.6 Å². The first-order valence-electron chi connectivity index (χ1n) is 15.7. The summed E-state index contributed by atoms with van der Waals surface area (Å²) >= 11 is 2.65. The Balaban J connectivity index is 1.20. The van der Waals surface area contributed by atoms with Crippen molar-refractivity contribution in [2.45, 2.75) is 10.1 Å². The second-order valence-corrected chi connectivity index (χ2v) is 13.1. The summed E-state index contributed by atoms with van der Waals surface area (Å²) in [6.45, 7) is 0. The van der Waals surface area contributed by atoms with Gasteiger partial charge < -0.3 is 20.7 Å². The Hall–Kier alpha value is -6.04. The van der Waals surface area contributed by atoms with Gasteiger partial charge in [-0.1, -0.05) is 66.7 Å². The third kappa shape index (κ3) is 9.35. The van der Waals surface area contributed by atoms with Gasteiger partial charge in [-0.05, 0) is 83.9 Å². The van der Waals surface area contributed by atoms with Crippen LogP contribution in [0.4, 0.5) is 15.2 Å². The van der Waals surface area contributed by atoms with Crippen LogP contribution in [0, 0.1) is 5.82 Å². The van der Waals surface area contributed by atoms with Gasteiger partial charge in [-0.15, -0.1) is 23.1 Å². The summed E-state index contributed by atoms with van der Waals surface area (Å²) in [4.78, 5) is 45.8. The minimum atomic E-state index is -0.649. The van der Waals surface area contributed by atoms with Gasteiger partial charge in [-0.3, -0.25) is 14.4 Å². The number of aromatic nitrogens is 1. The average molecular weight is 715 g/mol. The van der Waals surface area contributed by atoms with E-state index in [1.165, 1.54) is 53.4 Å². The molecule has 0 saturated carbocycles. The van der Waals surface area contributed by atoms with Crippen molar-refractivity contribution in [2.24, 2.45) is 0 Å². The van der Waals surface area contributed by atoms with Gasteiger partial charge in [0.25, 0.3) is 11.8 Å². The first kappa shape index (κ1) is 34.8. The number of carbonyl (C=O) groups excluding carboxylic acids is 3. The van der Waals surface area contributed by atoms with Gasteiger partial charge in [-0.2, -0.15) is 0 Å². The van der Waals surface area contributed by atoms with Crippen LogP contribution in [0.3, 0.4) is 0 Å². The summed E-state index contributed by atoms with van der Waals surface area (Å²) in [5.41, 5.74) is 3.72. The zero-order chi connectivity index (χ0) is 35.6. The summed E-state index contributed by atoms with van der Waals surface area (Å²) < 4.78 is 18.8. The Morgan fingerprint density at radius 3 is 2.24 bits per heavy atom. The van der Waals surface area contributed by atoms with Crippen molar-refractivity contribution < 1.29 is 23.5 Å². The fraction of sp³-hybridized carbons (Fsp3) is 0.0500. The maximum atomic E-state index is 13.8. The lowest BCUT2D eigenvalue weighted by atomic mass is 10.1. The maximum absolute atomic E-state index is 13.8. The molecule has 11 heteroatoms. The molecule has 3 amide bonds. The lowest BCUT2D eigenvalue weighted by molar-refractivity contribution is -0.116. The summed E-state index contributed by atoms with van der Waals surface area (Å²) in [6, 6.07) is 38.1. The molecule has 5 aromatic carbocycles.